The largest absolute Gasteiger partial charge is 0.497 e. The number of cyclic esters (lactones) is 1. The number of hydrogen-bond donors (Lipinski definition) is 1. The molecule has 0 bridgehead atoms. The van der Waals surface area contributed by atoms with Crippen LogP contribution < -0.4 is 10.5 Å². The third-order valence-electron chi connectivity index (χ3n) is 4.04. The number of amides is 1. The average molecular weight is 312 g/mol. The minimum Gasteiger partial charge on any atom is -0.497 e. The van der Waals surface area contributed by atoms with Gasteiger partial charge >= 0.3 is 6.09 Å². The minimum absolute atomic E-state index is 0.0356. The molecule has 2 N–H and O–H groups in total. The van der Waals surface area contributed by atoms with Crippen molar-refractivity contribution < 1.29 is 14.3 Å². The summed E-state index contributed by atoms with van der Waals surface area (Å²) in [6, 6.07) is 15.5. The molecule has 5 nitrogen and oxygen atoms in total. The van der Waals surface area contributed by atoms with E-state index in [0.717, 1.165) is 23.3 Å². The summed E-state index contributed by atoms with van der Waals surface area (Å²) in [5.41, 5.74) is 8.60. The molecule has 1 heterocycles. The topological polar surface area (TPSA) is 64.8 Å². The van der Waals surface area contributed by atoms with E-state index >= 15 is 0 Å². The van der Waals surface area contributed by atoms with Crippen molar-refractivity contribution in [3.8, 4) is 5.75 Å². The molecule has 2 aromatic rings. The van der Waals surface area contributed by atoms with E-state index < -0.39 is 0 Å². The number of ether oxygens (including phenoxy) is 2. The van der Waals surface area contributed by atoms with Crippen LogP contribution in [0.5, 0.6) is 5.75 Å². The van der Waals surface area contributed by atoms with Gasteiger partial charge in [-0.25, -0.2) is 4.79 Å². The van der Waals surface area contributed by atoms with E-state index in [1.54, 1.807) is 12.0 Å². The fourth-order valence-electron chi connectivity index (χ4n) is 2.71. The highest BCUT2D eigenvalue weighted by Gasteiger charge is 2.32. The number of nitrogens with zero attached hydrogens (tertiary/aromatic N) is 1. The summed E-state index contributed by atoms with van der Waals surface area (Å²) in [6.45, 7) is 0.944. The lowest BCUT2D eigenvalue weighted by atomic mass is 10.0. The number of benzene rings is 2. The molecule has 0 aromatic heterocycles. The summed E-state index contributed by atoms with van der Waals surface area (Å²) in [7, 11) is 1.65. The van der Waals surface area contributed by atoms with Crippen molar-refractivity contribution in [2.45, 2.75) is 19.0 Å². The lowest BCUT2D eigenvalue weighted by Crippen LogP contribution is -2.34. The summed E-state index contributed by atoms with van der Waals surface area (Å²) >= 11 is 0. The highest BCUT2D eigenvalue weighted by molar-refractivity contribution is 5.70. The molecule has 23 heavy (non-hydrogen) atoms. The zero-order chi connectivity index (χ0) is 16.2. The Labute approximate surface area is 135 Å². The Morgan fingerprint density at radius 1 is 1.13 bits per heavy atom. The first-order chi connectivity index (χ1) is 11.2. The smallest absolute Gasteiger partial charge is 0.410 e. The molecule has 1 amide bonds. The number of methoxy groups -OCH3 is 1. The second kappa shape index (κ2) is 6.60. The maximum Gasteiger partial charge on any atom is 0.410 e. The normalized spacial score (nSPS) is 17.2. The number of anilines is 1. The minimum atomic E-state index is -0.264. The Bertz CT molecular complexity index is 668. The van der Waals surface area contributed by atoms with Gasteiger partial charge in [0, 0.05) is 12.2 Å². The summed E-state index contributed by atoms with van der Waals surface area (Å²) in [4.78, 5) is 13.8. The Balaban J connectivity index is 1.69. The van der Waals surface area contributed by atoms with Crippen LogP contribution in [0.3, 0.4) is 0 Å². The van der Waals surface area contributed by atoms with Crippen molar-refractivity contribution in [2.75, 3.05) is 19.5 Å². The molecule has 0 radical (unpaired) electrons. The number of nitrogens with two attached hydrogens (primary N) is 1. The first kappa shape index (κ1) is 15.2. The predicted octanol–water partition coefficient (Wildman–Crippen LogP) is 2.84. The van der Waals surface area contributed by atoms with E-state index in [9.17, 15) is 4.79 Å². The van der Waals surface area contributed by atoms with Gasteiger partial charge in [0.15, 0.2) is 0 Å². The molecule has 120 valence electrons. The lowest BCUT2D eigenvalue weighted by Gasteiger charge is -2.21. The van der Waals surface area contributed by atoms with E-state index in [-0.39, 0.29) is 12.1 Å². The highest BCUT2D eigenvalue weighted by atomic mass is 16.6. The van der Waals surface area contributed by atoms with Crippen LogP contribution in [-0.2, 0) is 17.7 Å². The molecular weight excluding hydrogens is 292 g/mol. The van der Waals surface area contributed by atoms with Crippen molar-refractivity contribution in [3.05, 3.63) is 59.7 Å². The Kier molecular flexibility index (Phi) is 4.37. The second-order valence-electron chi connectivity index (χ2n) is 5.65. The van der Waals surface area contributed by atoms with E-state index in [0.29, 0.717) is 18.8 Å². The number of hydrogen-bond acceptors (Lipinski definition) is 4. The average Bonchev–Trinajstić information content (AvgIpc) is 2.91. The lowest BCUT2D eigenvalue weighted by molar-refractivity contribution is 0.156. The quantitative estimate of drug-likeness (QED) is 0.862. The molecule has 0 aliphatic carbocycles. The molecule has 1 atom stereocenters. The molecule has 1 unspecified atom stereocenters. The van der Waals surface area contributed by atoms with E-state index in [1.165, 1.54) is 0 Å². The monoisotopic (exact) mass is 312 g/mol. The SMILES string of the molecule is COc1ccc(CC2COC(=O)N2Cc2ccc(N)cc2)cc1. The van der Waals surface area contributed by atoms with Crippen molar-refractivity contribution in [3.63, 3.8) is 0 Å². The van der Waals surface area contributed by atoms with Crippen LogP contribution in [0, 0.1) is 0 Å². The van der Waals surface area contributed by atoms with Crippen LogP contribution >= 0.6 is 0 Å². The van der Waals surface area contributed by atoms with Crippen LogP contribution in [0.1, 0.15) is 11.1 Å². The summed E-state index contributed by atoms with van der Waals surface area (Å²) in [6.07, 6.45) is 0.491. The third kappa shape index (κ3) is 3.56. The Morgan fingerprint density at radius 2 is 1.78 bits per heavy atom. The van der Waals surface area contributed by atoms with Gasteiger partial charge in [-0.15, -0.1) is 0 Å². The van der Waals surface area contributed by atoms with Gasteiger partial charge in [0.1, 0.15) is 12.4 Å². The number of rotatable bonds is 5. The van der Waals surface area contributed by atoms with Crippen LogP contribution in [-0.4, -0.2) is 30.8 Å². The van der Waals surface area contributed by atoms with Gasteiger partial charge in [0.2, 0.25) is 0 Å². The van der Waals surface area contributed by atoms with Gasteiger partial charge in [-0.3, -0.25) is 4.90 Å². The highest BCUT2D eigenvalue weighted by Crippen LogP contribution is 2.21. The van der Waals surface area contributed by atoms with E-state index in [2.05, 4.69) is 0 Å². The molecule has 1 fully saturated rings. The maximum absolute atomic E-state index is 12.0. The van der Waals surface area contributed by atoms with E-state index in [4.69, 9.17) is 15.2 Å². The number of nitrogen functional groups attached to an aromatic ring is 1. The van der Waals surface area contributed by atoms with Gasteiger partial charge in [-0.05, 0) is 41.8 Å². The first-order valence-corrected chi connectivity index (χ1v) is 7.56. The van der Waals surface area contributed by atoms with Crippen molar-refractivity contribution in [1.82, 2.24) is 4.90 Å². The van der Waals surface area contributed by atoms with E-state index in [1.807, 2.05) is 48.5 Å². The second-order valence-corrected chi connectivity index (χ2v) is 5.65. The van der Waals surface area contributed by atoms with Crippen molar-refractivity contribution in [2.24, 2.45) is 0 Å². The zero-order valence-electron chi connectivity index (χ0n) is 13.1. The van der Waals surface area contributed by atoms with Crippen molar-refractivity contribution in [1.29, 1.82) is 0 Å². The molecular formula is C18H20N2O3. The molecule has 3 rings (SSSR count). The molecule has 5 heteroatoms. The fraction of sp³-hybridized carbons (Fsp3) is 0.278. The molecule has 1 aliphatic heterocycles. The van der Waals surface area contributed by atoms with Crippen LogP contribution in [0.4, 0.5) is 10.5 Å². The Morgan fingerprint density at radius 3 is 2.43 bits per heavy atom. The predicted molar refractivity (Wildman–Crippen MR) is 88.2 cm³/mol. The summed E-state index contributed by atoms with van der Waals surface area (Å²) in [5, 5.41) is 0. The number of carbonyl (C=O) groups is 1. The zero-order valence-corrected chi connectivity index (χ0v) is 13.1. The number of carbonyl (C=O) groups excluding carboxylic acids is 1. The molecule has 1 aliphatic rings. The molecule has 1 saturated heterocycles. The van der Waals surface area contributed by atoms with Gasteiger partial charge in [-0.2, -0.15) is 0 Å². The van der Waals surface area contributed by atoms with Gasteiger partial charge in [-0.1, -0.05) is 24.3 Å². The molecule has 0 spiro atoms. The van der Waals surface area contributed by atoms with Crippen molar-refractivity contribution >= 4 is 11.8 Å². The van der Waals surface area contributed by atoms with Gasteiger partial charge in [0.25, 0.3) is 0 Å². The van der Waals surface area contributed by atoms with Crippen LogP contribution in [0.15, 0.2) is 48.5 Å². The standard InChI is InChI=1S/C18H20N2O3/c1-22-17-8-4-13(5-9-17)10-16-12-23-18(21)20(16)11-14-2-6-15(19)7-3-14/h2-9,16H,10-12,19H2,1H3. The Hall–Kier alpha value is -2.69. The van der Waals surface area contributed by atoms with Crippen LogP contribution in [0.2, 0.25) is 0 Å². The first-order valence-electron chi connectivity index (χ1n) is 7.56. The molecule has 2 aromatic carbocycles. The molecule has 0 saturated carbocycles. The van der Waals surface area contributed by atoms with Gasteiger partial charge in [0.05, 0.1) is 13.2 Å². The third-order valence-corrected chi connectivity index (χ3v) is 4.04. The summed E-state index contributed by atoms with van der Waals surface area (Å²) < 4.78 is 10.4. The maximum atomic E-state index is 12.0. The van der Waals surface area contributed by atoms with Crippen LogP contribution in [0.25, 0.3) is 0 Å². The fourth-order valence-corrected chi connectivity index (χ4v) is 2.71. The van der Waals surface area contributed by atoms with Gasteiger partial charge < -0.3 is 15.2 Å². The summed E-state index contributed by atoms with van der Waals surface area (Å²) in [5.74, 6) is 0.825.